The van der Waals surface area contributed by atoms with Gasteiger partial charge in [-0.1, -0.05) is 56.9 Å². The van der Waals surface area contributed by atoms with E-state index in [4.69, 9.17) is 19.3 Å². The van der Waals surface area contributed by atoms with Gasteiger partial charge in [-0.05, 0) is 67.2 Å². The van der Waals surface area contributed by atoms with Crippen molar-refractivity contribution >= 4 is 32.0 Å². The van der Waals surface area contributed by atoms with Crippen LogP contribution in [0.3, 0.4) is 0 Å². The number of aliphatic hydroxyl groups is 1. The van der Waals surface area contributed by atoms with E-state index in [2.05, 4.69) is 5.32 Å². The van der Waals surface area contributed by atoms with Crippen LogP contribution in [0.25, 0.3) is 0 Å². The fourth-order valence-corrected chi connectivity index (χ4v) is 7.96. The van der Waals surface area contributed by atoms with Gasteiger partial charge in [-0.25, -0.2) is 0 Å². The lowest BCUT2D eigenvalue weighted by Crippen LogP contribution is -2.45. The molecule has 0 spiro atoms. The number of nitrogens with one attached hydrogen (secondary N) is 1. The number of nitrogens with zero attached hydrogens (tertiary/aromatic N) is 3. The summed E-state index contributed by atoms with van der Waals surface area (Å²) in [6.45, 7) is 23.7. The van der Waals surface area contributed by atoms with Crippen LogP contribution in [-0.4, -0.2) is 120 Å². The first-order valence-electron chi connectivity index (χ1n) is 16.9. The molecule has 7 heterocycles. The van der Waals surface area contributed by atoms with E-state index >= 15 is 0 Å². The lowest BCUT2D eigenvalue weighted by Gasteiger charge is -2.30. The molecule has 2 N–H and O–H groups in total. The average Bonchev–Trinajstić information content (AvgIpc) is 3.77. The topological polar surface area (TPSA) is 138 Å². The fraction of sp³-hybridized carbons (Fsp3) is 0.892. The number of carbonyl (C=O) groups is 4. The first-order valence-corrected chi connectivity index (χ1v) is 16.9. The van der Waals surface area contributed by atoms with Crippen molar-refractivity contribution in [1.82, 2.24) is 20.0 Å². The van der Waals surface area contributed by atoms with Crippen LogP contribution in [0.2, 0.25) is 0 Å². The van der Waals surface area contributed by atoms with Gasteiger partial charge in [-0.15, -0.1) is 0 Å². The summed E-state index contributed by atoms with van der Waals surface area (Å²) in [6.07, 6.45) is 4.31. The standard InChI is InChI=1S/C10H17NO2.C9H15NO2.C8H13NO2.C7H13NO2.3CH4.B/c1-9(2)5-7-6-13-10(3,4)11(7)8(9)12;1-6-4-7-5-12-9(2,3)10(7)8(6)11;1-8(2)9-6(5-11-8)3-4-7(9)10;1-7(2)3-5(4-9)8-6(7)10;;;;/h7H,5-6H2,1-4H3;6-7H,4-5H2,1-3H3;6H,3-5H2,1-2H3;5,9H,3-4H2,1-2H3,(H,8,10);3*1H4;. The molecule has 0 saturated carbocycles. The monoisotopic (exact) mass is 710 g/mol. The van der Waals surface area contributed by atoms with E-state index in [0.29, 0.717) is 37.8 Å². The lowest BCUT2D eigenvalue weighted by atomic mass is 9.90. The molecule has 4 amide bonds. The highest BCUT2D eigenvalue weighted by molar-refractivity contribution is 5.85. The van der Waals surface area contributed by atoms with Gasteiger partial charge in [-0.3, -0.25) is 19.2 Å². The maximum atomic E-state index is 12.0. The van der Waals surface area contributed by atoms with E-state index in [0.717, 1.165) is 32.3 Å². The minimum absolute atomic E-state index is 0. The van der Waals surface area contributed by atoms with Crippen molar-refractivity contribution in [2.75, 3.05) is 26.4 Å². The molecule has 7 aliphatic rings. The SMILES string of the molecule is C.C.C.CC1(C)CC(CO)NC1=O.CC1(C)CC2COC(C)(C)N2C1=O.CC1(C)OCC2CCC(=O)N21.CC1CC2COC(C)(C)N2C1=O.[B]. The van der Waals surface area contributed by atoms with Crippen LogP contribution >= 0.6 is 0 Å². The van der Waals surface area contributed by atoms with E-state index in [1.54, 1.807) is 0 Å². The van der Waals surface area contributed by atoms with Crippen LogP contribution < -0.4 is 5.32 Å². The van der Waals surface area contributed by atoms with Gasteiger partial charge in [0.25, 0.3) is 0 Å². The van der Waals surface area contributed by atoms with Crippen molar-refractivity contribution in [3.63, 3.8) is 0 Å². The Bertz CT molecular complexity index is 1210. The number of amides is 4. The first kappa shape index (κ1) is 47.8. The van der Waals surface area contributed by atoms with Gasteiger partial charge in [0, 0.05) is 31.6 Å². The Morgan fingerprint density at radius 1 is 0.700 bits per heavy atom. The second-order valence-electron chi connectivity index (χ2n) is 16.6. The van der Waals surface area contributed by atoms with Crippen molar-refractivity contribution in [3.8, 4) is 0 Å². The summed E-state index contributed by atoms with van der Waals surface area (Å²) in [5.41, 5.74) is -1.58. The highest BCUT2D eigenvalue weighted by atomic mass is 16.5. The molecular weight excluding hydrogens is 639 g/mol. The molecule has 3 radical (unpaired) electrons. The van der Waals surface area contributed by atoms with Crippen molar-refractivity contribution in [2.45, 2.75) is 172 Å². The van der Waals surface area contributed by atoms with Gasteiger partial charge in [0.05, 0.1) is 50.6 Å². The third-order valence-corrected chi connectivity index (χ3v) is 10.4. The molecule has 12 nitrogen and oxygen atoms in total. The Labute approximate surface area is 305 Å². The predicted octanol–water partition coefficient (Wildman–Crippen LogP) is 4.53. The van der Waals surface area contributed by atoms with Crippen LogP contribution in [0.5, 0.6) is 0 Å². The van der Waals surface area contributed by atoms with E-state index in [1.165, 1.54) is 0 Å². The van der Waals surface area contributed by atoms with Crippen molar-refractivity contribution in [3.05, 3.63) is 0 Å². The highest BCUT2D eigenvalue weighted by Gasteiger charge is 2.55. The molecule has 7 rings (SSSR count). The summed E-state index contributed by atoms with van der Waals surface area (Å²) in [4.78, 5) is 51.7. The molecule has 0 bridgehead atoms. The molecule has 0 aromatic rings. The second-order valence-corrected chi connectivity index (χ2v) is 16.6. The molecule has 7 aliphatic heterocycles. The maximum absolute atomic E-state index is 12.0. The third kappa shape index (κ3) is 9.41. The van der Waals surface area contributed by atoms with E-state index in [1.807, 2.05) is 90.9 Å². The molecule has 7 fully saturated rings. The number of rotatable bonds is 1. The quantitative estimate of drug-likeness (QED) is 0.379. The van der Waals surface area contributed by atoms with Gasteiger partial charge in [0.1, 0.15) is 17.2 Å². The smallest absolute Gasteiger partial charge is 0.230 e. The van der Waals surface area contributed by atoms with Gasteiger partial charge in [-0.2, -0.15) is 0 Å². The second kappa shape index (κ2) is 16.6. The van der Waals surface area contributed by atoms with E-state index in [9.17, 15) is 19.2 Å². The van der Waals surface area contributed by atoms with Gasteiger partial charge < -0.3 is 39.3 Å². The molecule has 13 heteroatoms. The molecule has 0 aromatic carbocycles. The number of hydrogen-bond acceptors (Lipinski definition) is 8. The summed E-state index contributed by atoms with van der Waals surface area (Å²) in [5, 5.41) is 11.4. The molecule has 5 atom stereocenters. The molecule has 50 heavy (non-hydrogen) atoms. The molecule has 7 saturated heterocycles. The Kier molecular flexibility index (Phi) is 15.9. The van der Waals surface area contributed by atoms with Crippen LogP contribution in [0, 0.1) is 16.7 Å². The van der Waals surface area contributed by atoms with Crippen LogP contribution in [0.15, 0.2) is 0 Å². The van der Waals surface area contributed by atoms with Crippen molar-refractivity contribution in [2.24, 2.45) is 16.7 Å². The molecular formula is C37H70BN4O8. The van der Waals surface area contributed by atoms with E-state index in [-0.39, 0.29) is 95.2 Å². The number of hydrogen-bond donors (Lipinski definition) is 2. The van der Waals surface area contributed by atoms with Gasteiger partial charge in [0.15, 0.2) is 0 Å². The Balaban J connectivity index is 0.000000626. The van der Waals surface area contributed by atoms with Gasteiger partial charge in [0.2, 0.25) is 23.6 Å². The summed E-state index contributed by atoms with van der Waals surface area (Å²) in [5.74, 6) is 0.977. The predicted molar refractivity (Wildman–Crippen MR) is 197 cm³/mol. The Morgan fingerprint density at radius 2 is 1.18 bits per heavy atom. The summed E-state index contributed by atoms with van der Waals surface area (Å²) >= 11 is 0. The lowest BCUT2D eigenvalue weighted by molar-refractivity contribution is -0.148. The minimum atomic E-state index is -0.393. The molecule has 289 valence electrons. The number of ether oxygens (including phenoxy) is 3. The number of fused-ring (bicyclic) bond motifs is 3. The largest absolute Gasteiger partial charge is 0.394 e. The van der Waals surface area contributed by atoms with Gasteiger partial charge >= 0.3 is 0 Å². The van der Waals surface area contributed by atoms with Crippen LogP contribution in [-0.2, 0) is 33.4 Å². The maximum Gasteiger partial charge on any atom is 0.230 e. The zero-order chi connectivity index (χ0) is 34.6. The number of aliphatic hydroxyl groups excluding tert-OH is 1. The third-order valence-electron chi connectivity index (χ3n) is 10.4. The normalized spacial score (nSPS) is 32.2. The molecule has 0 aromatic heterocycles. The molecule has 5 unspecified atom stereocenters. The average molecular weight is 710 g/mol. The summed E-state index contributed by atoms with van der Waals surface area (Å²) < 4.78 is 16.6. The zero-order valence-corrected chi connectivity index (χ0v) is 30.5. The van der Waals surface area contributed by atoms with E-state index < -0.39 is 5.72 Å². The Morgan fingerprint density at radius 3 is 1.60 bits per heavy atom. The highest BCUT2D eigenvalue weighted by Crippen LogP contribution is 2.44. The first-order chi connectivity index (χ1) is 21.0. The Hall–Kier alpha value is -2.22. The minimum Gasteiger partial charge on any atom is -0.394 e. The number of carbonyl (C=O) groups excluding carboxylic acids is 4. The van der Waals surface area contributed by atoms with Crippen molar-refractivity contribution in [1.29, 1.82) is 0 Å². The van der Waals surface area contributed by atoms with Crippen molar-refractivity contribution < 1.29 is 38.5 Å². The summed E-state index contributed by atoms with van der Waals surface area (Å²) in [7, 11) is 0. The van der Waals surface area contributed by atoms with Crippen LogP contribution in [0.1, 0.15) is 131 Å². The van der Waals surface area contributed by atoms with Crippen LogP contribution in [0.4, 0.5) is 0 Å². The molecule has 0 aliphatic carbocycles. The zero-order valence-electron chi connectivity index (χ0n) is 30.5. The fourth-order valence-electron chi connectivity index (χ4n) is 7.96. The summed E-state index contributed by atoms with van der Waals surface area (Å²) in [6, 6.07) is 0.972.